The van der Waals surface area contributed by atoms with Crippen LogP contribution in [0.2, 0.25) is 0 Å². The van der Waals surface area contributed by atoms with Crippen LogP contribution in [-0.4, -0.2) is 12.1 Å². The van der Waals surface area contributed by atoms with Crippen LogP contribution in [0.25, 0.3) is 22.0 Å². The number of aromatic nitrogens is 1. The number of nitrogens with two attached hydrogens (primary N) is 1. The van der Waals surface area contributed by atoms with Gasteiger partial charge in [0.15, 0.2) is 0 Å². The predicted molar refractivity (Wildman–Crippen MR) is 112 cm³/mol. The van der Waals surface area contributed by atoms with E-state index in [-0.39, 0.29) is 0 Å². The Hall–Kier alpha value is -3.33. The maximum atomic E-state index is 6.11. The van der Waals surface area contributed by atoms with Crippen molar-refractivity contribution in [3.05, 3.63) is 89.6 Å². The largest absolute Gasteiger partial charge is 0.497 e. The Morgan fingerprint density at radius 2 is 1.67 bits per heavy atom. The van der Waals surface area contributed by atoms with Gasteiger partial charge in [-0.25, -0.2) is 0 Å². The van der Waals surface area contributed by atoms with Gasteiger partial charge in [-0.2, -0.15) is 0 Å². The van der Waals surface area contributed by atoms with Gasteiger partial charge in [-0.1, -0.05) is 42.5 Å². The first-order valence-electron chi connectivity index (χ1n) is 9.03. The minimum Gasteiger partial charge on any atom is -0.497 e. The fraction of sp³-hybridized carbons (Fsp3) is 0.125. The SMILES string of the molecule is COc1ccc(Cc2c(-c3ccccc3)c(C)nc3ccc(N)cc23)cc1. The highest BCUT2D eigenvalue weighted by atomic mass is 16.5. The van der Waals surface area contributed by atoms with Crippen LogP contribution in [0.3, 0.4) is 0 Å². The first-order chi connectivity index (χ1) is 13.2. The Bertz CT molecular complexity index is 1090. The number of hydrogen-bond acceptors (Lipinski definition) is 3. The molecule has 0 radical (unpaired) electrons. The number of methoxy groups -OCH3 is 1. The van der Waals surface area contributed by atoms with Crippen molar-refractivity contribution in [2.75, 3.05) is 12.8 Å². The summed E-state index contributed by atoms with van der Waals surface area (Å²) in [6.07, 6.45) is 0.803. The average molecular weight is 354 g/mol. The maximum Gasteiger partial charge on any atom is 0.118 e. The minimum absolute atomic E-state index is 0.753. The molecule has 1 aromatic heterocycles. The van der Waals surface area contributed by atoms with E-state index in [0.717, 1.165) is 34.5 Å². The molecule has 0 atom stereocenters. The van der Waals surface area contributed by atoms with Crippen molar-refractivity contribution in [2.45, 2.75) is 13.3 Å². The summed E-state index contributed by atoms with van der Waals surface area (Å²) in [5.74, 6) is 0.863. The molecule has 4 rings (SSSR count). The standard InChI is InChI=1S/C24H22N2O/c1-16-24(18-6-4-3-5-7-18)22(14-17-8-11-20(27-2)12-9-17)21-15-19(25)10-13-23(21)26-16/h3-13,15H,14,25H2,1-2H3. The third kappa shape index (κ3) is 3.36. The lowest BCUT2D eigenvalue weighted by Gasteiger charge is -2.17. The third-order valence-electron chi connectivity index (χ3n) is 4.90. The van der Waals surface area contributed by atoms with E-state index in [4.69, 9.17) is 15.5 Å². The quantitative estimate of drug-likeness (QED) is 0.500. The zero-order chi connectivity index (χ0) is 18.8. The summed E-state index contributed by atoms with van der Waals surface area (Å²) in [5.41, 5.74) is 13.7. The molecule has 0 fully saturated rings. The highest BCUT2D eigenvalue weighted by Gasteiger charge is 2.15. The normalized spacial score (nSPS) is 10.9. The van der Waals surface area contributed by atoms with Gasteiger partial charge >= 0.3 is 0 Å². The molecule has 134 valence electrons. The molecule has 27 heavy (non-hydrogen) atoms. The Balaban J connectivity index is 1.95. The lowest BCUT2D eigenvalue weighted by molar-refractivity contribution is 0.414. The monoisotopic (exact) mass is 354 g/mol. The lowest BCUT2D eigenvalue weighted by atomic mass is 9.90. The molecule has 4 aromatic rings. The number of rotatable bonds is 4. The second-order valence-electron chi connectivity index (χ2n) is 6.72. The minimum atomic E-state index is 0.753. The summed E-state index contributed by atoms with van der Waals surface area (Å²) < 4.78 is 5.29. The highest BCUT2D eigenvalue weighted by molar-refractivity contribution is 5.92. The van der Waals surface area contributed by atoms with Crippen LogP contribution in [0.1, 0.15) is 16.8 Å². The average Bonchev–Trinajstić information content (AvgIpc) is 2.70. The highest BCUT2D eigenvalue weighted by Crippen LogP contribution is 2.34. The van der Waals surface area contributed by atoms with Gasteiger partial charge in [-0.15, -0.1) is 0 Å². The van der Waals surface area contributed by atoms with E-state index in [2.05, 4.69) is 43.3 Å². The molecule has 0 bridgehead atoms. The topological polar surface area (TPSA) is 48.1 Å². The Kier molecular flexibility index (Phi) is 4.51. The second kappa shape index (κ2) is 7.12. The first kappa shape index (κ1) is 17.1. The molecule has 3 nitrogen and oxygen atoms in total. The molecule has 0 saturated heterocycles. The molecule has 0 saturated carbocycles. The molecule has 0 unspecified atom stereocenters. The zero-order valence-electron chi connectivity index (χ0n) is 15.6. The van der Waals surface area contributed by atoms with E-state index >= 15 is 0 Å². The number of fused-ring (bicyclic) bond motifs is 1. The van der Waals surface area contributed by atoms with Crippen LogP contribution < -0.4 is 10.5 Å². The zero-order valence-corrected chi connectivity index (χ0v) is 15.6. The van der Waals surface area contributed by atoms with Crippen molar-refractivity contribution in [1.82, 2.24) is 4.98 Å². The lowest BCUT2D eigenvalue weighted by Crippen LogP contribution is -2.01. The second-order valence-corrected chi connectivity index (χ2v) is 6.72. The van der Waals surface area contributed by atoms with Crippen LogP contribution in [0.5, 0.6) is 5.75 Å². The van der Waals surface area contributed by atoms with Crippen LogP contribution >= 0.6 is 0 Å². The number of ether oxygens (including phenoxy) is 1. The van der Waals surface area contributed by atoms with E-state index in [1.807, 2.05) is 36.4 Å². The number of benzene rings is 3. The summed E-state index contributed by atoms with van der Waals surface area (Å²) >= 11 is 0. The number of aryl methyl sites for hydroxylation is 1. The van der Waals surface area contributed by atoms with Gasteiger partial charge in [0, 0.05) is 22.3 Å². The summed E-state index contributed by atoms with van der Waals surface area (Å²) in [7, 11) is 1.69. The van der Waals surface area contributed by atoms with Crippen LogP contribution in [-0.2, 0) is 6.42 Å². The van der Waals surface area contributed by atoms with E-state index in [1.165, 1.54) is 22.3 Å². The van der Waals surface area contributed by atoms with Crippen molar-refractivity contribution in [3.8, 4) is 16.9 Å². The number of hydrogen-bond donors (Lipinski definition) is 1. The fourth-order valence-electron chi connectivity index (χ4n) is 3.60. The Morgan fingerprint density at radius 1 is 0.926 bits per heavy atom. The van der Waals surface area contributed by atoms with E-state index in [1.54, 1.807) is 7.11 Å². The van der Waals surface area contributed by atoms with Gasteiger partial charge in [0.05, 0.1) is 12.6 Å². The number of anilines is 1. The van der Waals surface area contributed by atoms with Crippen molar-refractivity contribution < 1.29 is 4.74 Å². The molecular formula is C24H22N2O. The van der Waals surface area contributed by atoms with Gasteiger partial charge in [0.1, 0.15) is 5.75 Å². The first-order valence-corrected chi connectivity index (χ1v) is 9.03. The smallest absolute Gasteiger partial charge is 0.118 e. The molecule has 2 N–H and O–H groups in total. The van der Waals surface area contributed by atoms with Gasteiger partial charge in [0.2, 0.25) is 0 Å². The van der Waals surface area contributed by atoms with Crippen LogP contribution in [0, 0.1) is 6.92 Å². The van der Waals surface area contributed by atoms with Crippen LogP contribution in [0.15, 0.2) is 72.8 Å². The van der Waals surface area contributed by atoms with Gasteiger partial charge < -0.3 is 10.5 Å². The summed E-state index contributed by atoms with van der Waals surface area (Å²) in [6.45, 7) is 2.08. The van der Waals surface area contributed by atoms with E-state index in [9.17, 15) is 0 Å². The van der Waals surface area contributed by atoms with Gasteiger partial charge in [-0.3, -0.25) is 4.98 Å². The molecular weight excluding hydrogens is 332 g/mol. The molecule has 0 amide bonds. The molecule has 0 aliphatic rings. The third-order valence-corrected chi connectivity index (χ3v) is 4.90. The fourth-order valence-corrected chi connectivity index (χ4v) is 3.60. The molecule has 0 aliphatic heterocycles. The molecule has 3 aromatic carbocycles. The number of nitrogens with zero attached hydrogens (tertiary/aromatic N) is 1. The van der Waals surface area contributed by atoms with Crippen LogP contribution in [0.4, 0.5) is 5.69 Å². The molecule has 0 aliphatic carbocycles. The maximum absolute atomic E-state index is 6.11. The Morgan fingerprint density at radius 3 is 2.37 bits per heavy atom. The summed E-state index contributed by atoms with van der Waals surface area (Å²) in [4.78, 5) is 4.85. The molecule has 1 heterocycles. The van der Waals surface area contributed by atoms with Gasteiger partial charge in [-0.05, 0) is 60.4 Å². The predicted octanol–water partition coefficient (Wildman–Crippen LogP) is 5.39. The Labute approximate surface area is 159 Å². The number of nitrogen functional groups attached to an aromatic ring is 1. The van der Waals surface area contributed by atoms with E-state index in [0.29, 0.717) is 0 Å². The van der Waals surface area contributed by atoms with E-state index < -0.39 is 0 Å². The molecule has 0 spiro atoms. The summed E-state index contributed by atoms with van der Waals surface area (Å²) in [5, 5.41) is 1.11. The van der Waals surface area contributed by atoms with Crippen molar-refractivity contribution in [3.63, 3.8) is 0 Å². The number of pyridine rings is 1. The van der Waals surface area contributed by atoms with Gasteiger partial charge in [0.25, 0.3) is 0 Å². The van der Waals surface area contributed by atoms with Crippen molar-refractivity contribution in [2.24, 2.45) is 0 Å². The van der Waals surface area contributed by atoms with Crippen molar-refractivity contribution >= 4 is 16.6 Å². The molecule has 3 heteroatoms. The summed E-state index contributed by atoms with van der Waals surface area (Å²) in [6, 6.07) is 24.6. The van der Waals surface area contributed by atoms with Crippen molar-refractivity contribution in [1.29, 1.82) is 0 Å².